The predicted octanol–water partition coefficient (Wildman–Crippen LogP) is 2.40. The van der Waals surface area contributed by atoms with E-state index in [4.69, 9.17) is 10.2 Å². The van der Waals surface area contributed by atoms with Crippen LogP contribution in [0.4, 0.5) is 0 Å². The van der Waals surface area contributed by atoms with Crippen molar-refractivity contribution in [3.05, 3.63) is 11.1 Å². The molecule has 0 aliphatic heterocycles. The van der Waals surface area contributed by atoms with Crippen molar-refractivity contribution < 1.29 is 24.6 Å². The lowest BCUT2D eigenvalue weighted by atomic mass is 9.96. The minimum Gasteiger partial charge on any atom is -0.481 e. The number of rotatable bonds is 9. The van der Waals surface area contributed by atoms with Crippen molar-refractivity contribution in [2.75, 3.05) is 0 Å². The van der Waals surface area contributed by atoms with E-state index in [1.54, 1.807) is 0 Å². The molecule has 0 bridgehead atoms. The highest BCUT2D eigenvalue weighted by molar-refractivity contribution is 6.04. The van der Waals surface area contributed by atoms with Gasteiger partial charge in [-0.15, -0.1) is 0 Å². The summed E-state index contributed by atoms with van der Waals surface area (Å²) in [6.07, 6.45) is 3.29. The third-order valence-electron chi connectivity index (χ3n) is 2.66. The highest BCUT2D eigenvalue weighted by atomic mass is 16.4. The number of Topliss-reactive ketones (excluding diaryl/α,β-unsaturated/α-hetero) is 1. The molecule has 0 atom stereocenters. The number of carboxylic acids is 2. The molecule has 0 radical (unpaired) electrons. The summed E-state index contributed by atoms with van der Waals surface area (Å²) in [5.74, 6) is -2.87. The van der Waals surface area contributed by atoms with Gasteiger partial charge in [-0.2, -0.15) is 0 Å². The Morgan fingerprint density at radius 2 is 1.56 bits per heavy atom. The van der Waals surface area contributed by atoms with Gasteiger partial charge in [-0.25, -0.2) is 4.79 Å². The van der Waals surface area contributed by atoms with Gasteiger partial charge in [0.05, 0.1) is 6.42 Å². The second-order valence-corrected chi connectivity index (χ2v) is 4.20. The minimum absolute atomic E-state index is 0.0546. The summed E-state index contributed by atoms with van der Waals surface area (Å²) >= 11 is 0. The number of carbonyl (C=O) groups excluding carboxylic acids is 1. The molecular weight excluding hydrogens is 236 g/mol. The van der Waals surface area contributed by atoms with Crippen LogP contribution in [0.25, 0.3) is 0 Å². The van der Waals surface area contributed by atoms with E-state index >= 15 is 0 Å². The maximum absolute atomic E-state index is 11.3. The minimum atomic E-state index is -1.20. The van der Waals surface area contributed by atoms with Crippen molar-refractivity contribution in [1.29, 1.82) is 0 Å². The SMILES string of the molecule is CCCCCC/C(C(=O)O)=C(\CC(=O)O)C(C)=O. The number of aliphatic carboxylic acids is 2. The van der Waals surface area contributed by atoms with Crippen molar-refractivity contribution in [3.8, 4) is 0 Å². The summed E-state index contributed by atoms with van der Waals surface area (Å²) in [5, 5.41) is 17.8. The van der Waals surface area contributed by atoms with Gasteiger partial charge in [-0.3, -0.25) is 9.59 Å². The first-order valence-corrected chi connectivity index (χ1v) is 6.08. The number of unbranched alkanes of at least 4 members (excludes halogenated alkanes) is 3. The standard InChI is InChI=1S/C13H20O5/c1-3-4-5-6-7-10(13(17)18)11(9(2)14)8-12(15)16/h3-8H2,1-2H3,(H,15,16)(H,17,18)/b11-10-. The first-order valence-electron chi connectivity index (χ1n) is 6.08. The van der Waals surface area contributed by atoms with Crippen LogP contribution in [-0.2, 0) is 14.4 Å². The van der Waals surface area contributed by atoms with Crippen molar-refractivity contribution in [1.82, 2.24) is 0 Å². The van der Waals surface area contributed by atoms with E-state index in [-0.39, 0.29) is 17.6 Å². The molecule has 5 heteroatoms. The molecule has 0 aliphatic carbocycles. The molecule has 0 unspecified atom stereocenters. The Hall–Kier alpha value is -1.65. The third kappa shape index (κ3) is 6.18. The van der Waals surface area contributed by atoms with Gasteiger partial charge in [0.15, 0.2) is 5.78 Å². The average Bonchev–Trinajstić information content (AvgIpc) is 2.25. The van der Waals surface area contributed by atoms with Gasteiger partial charge in [0.2, 0.25) is 0 Å². The molecule has 0 spiro atoms. The predicted molar refractivity (Wildman–Crippen MR) is 66.4 cm³/mol. The number of hydrogen-bond acceptors (Lipinski definition) is 3. The molecule has 0 saturated carbocycles. The Kier molecular flexibility index (Phi) is 7.67. The molecule has 0 aromatic rings. The molecule has 0 aliphatic rings. The number of carboxylic acid groups (broad SMARTS) is 2. The molecular formula is C13H20O5. The smallest absolute Gasteiger partial charge is 0.331 e. The van der Waals surface area contributed by atoms with E-state index in [2.05, 4.69) is 0 Å². The zero-order valence-corrected chi connectivity index (χ0v) is 10.9. The van der Waals surface area contributed by atoms with Gasteiger partial charge in [0.25, 0.3) is 0 Å². The molecule has 0 rings (SSSR count). The Morgan fingerprint density at radius 3 is 1.94 bits per heavy atom. The van der Waals surface area contributed by atoms with Crippen LogP contribution in [0.1, 0.15) is 52.4 Å². The van der Waals surface area contributed by atoms with E-state index in [0.717, 1.165) is 19.3 Å². The van der Waals surface area contributed by atoms with Crippen molar-refractivity contribution in [3.63, 3.8) is 0 Å². The molecule has 0 amide bonds. The summed E-state index contributed by atoms with van der Waals surface area (Å²) in [6, 6.07) is 0. The van der Waals surface area contributed by atoms with Gasteiger partial charge in [-0.1, -0.05) is 26.2 Å². The highest BCUT2D eigenvalue weighted by Gasteiger charge is 2.19. The molecule has 5 nitrogen and oxygen atoms in total. The maximum Gasteiger partial charge on any atom is 0.331 e. The van der Waals surface area contributed by atoms with Crippen molar-refractivity contribution in [2.24, 2.45) is 0 Å². The van der Waals surface area contributed by atoms with Gasteiger partial charge < -0.3 is 10.2 Å². The van der Waals surface area contributed by atoms with Crippen molar-refractivity contribution in [2.45, 2.75) is 52.4 Å². The summed E-state index contributed by atoms with van der Waals surface area (Å²) in [5.41, 5.74) is -0.146. The number of carbonyl (C=O) groups is 3. The molecule has 0 heterocycles. The van der Waals surface area contributed by atoms with E-state index in [1.807, 2.05) is 6.92 Å². The Balaban J connectivity index is 4.91. The molecule has 0 saturated heterocycles. The highest BCUT2D eigenvalue weighted by Crippen LogP contribution is 2.18. The van der Waals surface area contributed by atoms with Gasteiger partial charge in [0, 0.05) is 11.1 Å². The molecule has 102 valence electrons. The number of ketones is 1. The topological polar surface area (TPSA) is 91.7 Å². The maximum atomic E-state index is 11.3. The van der Waals surface area contributed by atoms with Gasteiger partial charge >= 0.3 is 11.9 Å². The summed E-state index contributed by atoms with van der Waals surface area (Å²) in [4.78, 5) is 33.1. The van der Waals surface area contributed by atoms with Crippen LogP contribution in [0.15, 0.2) is 11.1 Å². The third-order valence-corrected chi connectivity index (χ3v) is 2.66. The fraction of sp³-hybridized carbons (Fsp3) is 0.615. The van der Waals surface area contributed by atoms with E-state index < -0.39 is 24.1 Å². The summed E-state index contributed by atoms with van der Waals surface area (Å²) in [7, 11) is 0. The monoisotopic (exact) mass is 256 g/mol. The molecule has 2 N–H and O–H groups in total. The fourth-order valence-electron chi connectivity index (χ4n) is 1.71. The molecule has 0 aromatic carbocycles. The van der Waals surface area contributed by atoms with Gasteiger partial charge in [0.1, 0.15) is 0 Å². The Morgan fingerprint density at radius 1 is 0.944 bits per heavy atom. The lowest BCUT2D eigenvalue weighted by molar-refractivity contribution is -0.137. The average molecular weight is 256 g/mol. The van der Waals surface area contributed by atoms with E-state index in [9.17, 15) is 14.4 Å². The van der Waals surface area contributed by atoms with Crippen LogP contribution < -0.4 is 0 Å². The molecule has 18 heavy (non-hydrogen) atoms. The summed E-state index contributed by atoms with van der Waals surface area (Å²) in [6.45, 7) is 3.24. The van der Waals surface area contributed by atoms with Crippen LogP contribution >= 0.6 is 0 Å². The zero-order valence-electron chi connectivity index (χ0n) is 10.9. The second-order valence-electron chi connectivity index (χ2n) is 4.20. The van der Waals surface area contributed by atoms with Crippen LogP contribution in [0, 0.1) is 0 Å². The normalized spacial score (nSPS) is 11.9. The Bertz CT molecular complexity index is 354. The first-order chi connectivity index (χ1) is 8.40. The molecule has 0 aromatic heterocycles. The number of hydrogen-bond donors (Lipinski definition) is 2. The van der Waals surface area contributed by atoms with Gasteiger partial charge in [-0.05, 0) is 19.8 Å². The largest absolute Gasteiger partial charge is 0.481 e. The zero-order chi connectivity index (χ0) is 14.1. The molecule has 0 fully saturated rings. The van der Waals surface area contributed by atoms with E-state index in [1.165, 1.54) is 6.92 Å². The second kappa shape index (κ2) is 8.44. The lowest BCUT2D eigenvalue weighted by Gasteiger charge is -2.08. The lowest BCUT2D eigenvalue weighted by Crippen LogP contribution is -2.13. The van der Waals surface area contributed by atoms with Crippen LogP contribution in [0.3, 0.4) is 0 Å². The summed E-state index contributed by atoms with van der Waals surface area (Å²) < 4.78 is 0. The fourth-order valence-corrected chi connectivity index (χ4v) is 1.71. The van der Waals surface area contributed by atoms with Crippen LogP contribution in [0.2, 0.25) is 0 Å². The Labute approximate surface area is 107 Å². The first kappa shape index (κ1) is 16.4. The van der Waals surface area contributed by atoms with Crippen molar-refractivity contribution >= 4 is 17.7 Å². The van der Waals surface area contributed by atoms with E-state index in [0.29, 0.717) is 6.42 Å². The van der Waals surface area contributed by atoms with Crippen LogP contribution in [0.5, 0.6) is 0 Å². The van der Waals surface area contributed by atoms with Crippen LogP contribution in [-0.4, -0.2) is 27.9 Å². The quantitative estimate of drug-likeness (QED) is 0.488.